The van der Waals surface area contributed by atoms with Crippen molar-refractivity contribution in [2.45, 2.75) is 45.7 Å². The number of nitrogens with one attached hydrogen (secondary N) is 1. The summed E-state index contributed by atoms with van der Waals surface area (Å²) in [5.74, 6) is -1.83. The van der Waals surface area contributed by atoms with Gasteiger partial charge in [0.05, 0.1) is 12.0 Å². The van der Waals surface area contributed by atoms with Gasteiger partial charge in [-0.25, -0.2) is 8.78 Å². The monoisotopic (exact) mass is 379 g/mol. The molecule has 0 aliphatic carbocycles. The van der Waals surface area contributed by atoms with Gasteiger partial charge in [-0.3, -0.25) is 14.5 Å². The zero-order valence-electron chi connectivity index (χ0n) is 15.9. The smallest absolute Gasteiger partial charge is 0.234 e. The van der Waals surface area contributed by atoms with E-state index in [1.165, 1.54) is 12.1 Å². The van der Waals surface area contributed by atoms with Crippen molar-refractivity contribution in [3.8, 4) is 0 Å². The number of amides is 2. The number of rotatable bonds is 5. The molecule has 0 unspecified atom stereocenters. The van der Waals surface area contributed by atoms with Crippen LogP contribution in [0.25, 0.3) is 0 Å². The van der Waals surface area contributed by atoms with Crippen LogP contribution in [-0.4, -0.2) is 53.8 Å². The molecular weight excluding hydrogens is 352 g/mol. The number of carbonyl (C=O) groups excluding carboxylic acids is 2. The van der Waals surface area contributed by atoms with Crippen LogP contribution < -0.4 is 5.32 Å². The van der Waals surface area contributed by atoms with Gasteiger partial charge < -0.3 is 10.2 Å². The van der Waals surface area contributed by atoms with E-state index in [9.17, 15) is 18.4 Å². The fourth-order valence-corrected chi connectivity index (χ4v) is 4.22. The average molecular weight is 379 g/mol. The maximum Gasteiger partial charge on any atom is 0.234 e. The summed E-state index contributed by atoms with van der Waals surface area (Å²) < 4.78 is 27.5. The second kappa shape index (κ2) is 7.92. The van der Waals surface area contributed by atoms with Crippen LogP contribution in [0.3, 0.4) is 0 Å². The Bertz CT molecular complexity index is 725. The van der Waals surface area contributed by atoms with Crippen molar-refractivity contribution in [3.63, 3.8) is 0 Å². The number of hydrogen-bond acceptors (Lipinski definition) is 3. The van der Waals surface area contributed by atoms with Crippen molar-refractivity contribution in [2.75, 3.05) is 26.2 Å². The third kappa shape index (κ3) is 4.29. The second-order valence-electron chi connectivity index (χ2n) is 8.01. The zero-order valence-corrected chi connectivity index (χ0v) is 15.9. The Kier molecular flexibility index (Phi) is 5.79. The van der Waals surface area contributed by atoms with E-state index in [4.69, 9.17) is 0 Å². The van der Waals surface area contributed by atoms with Crippen LogP contribution in [0.1, 0.15) is 38.7 Å². The first kappa shape index (κ1) is 19.7. The molecule has 2 amide bonds. The molecule has 0 radical (unpaired) electrons. The standard InChI is InChI=1S/C20H27F2N3O2/c1-14(2)23-17(26)12-24-10-8-20(13-24)7-4-9-25(19(20)27)11-15-5-3-6-16(21)18(15)22/h3,5-6,14H,4,7-13H2,1-2H3,(H,23,26)/t20-/m0/s1. The molecule has 7 heteroatoms. The van der Waals surface area contributed by atoms with Gasteiger partial charge in [-0.2, -0.15) is 0 Å². The Morgan fingerprint density at radius 3 is 2.78 bits per heavy atom. The summed E-state index contributed by atoms with van der Waals surface area (Å²) in [6.07, 6.45) is 2.30. The fraction of sp³-hybridized carbons (Fsp3) is 0.600. The highest BCUT2D eigenvalue weighted by Crippen LogP contribution is 2.40. The number of nitrogens with zero attached hydrogens (tertiary/aromatic N) is 2. The molecule has 0 aromatic heterocycles. The van der Waals surface area contributed by atoms with Crippen molar-refractivity contribution in [1.82, 2.24) is 15.1 Å². The van der Waals surface area contributed by atoms with Gasteiger partial charge in [0.1, 0.15) is 0 Å². The van der Waals surface area contributed by atoms with E-state index in [0.717, 1.165) is 18.9 Å². The normalized spacial score (nSPS) is 23.4. The molecule has 1 aromatic carbocycles. The molecule has 3 rings (SSSR count). The SMILES string of the molecule is CC(C)NC(=O)CN1CC[C@@]2(CCCN(Cc3cccc(F)c3F)C2=O)C1. The molecular formula is C20H27F2N3O2. The van der Waals surface area contributed by atoms with Crippen molar-refractivity contribution >= 4 is 11.8 Å². The Morgan fingerprint density at radius 1 is 1.26 bits per heavy atom. The first-order valence-corrected chi connectivity index (χ1v) is 9.55. The lowest BCUT2D eigenvalue weighted by molar-refractivity contribution is -0.146. The summed E-state index contributed by atoms with van der Waals surface area (Å²) in [5, 5.41) is 2.87. The van der Waals surface area contributed by atoms with Crippen LogP contribution in [-0.2, 0) is 16.1 Å². The van der Waals surface area contributed by atoms with E-state index >= 15 is 0 Å². The van der Waals surface area contributed by atoms with Gasteiger partial charge in [-0.05, 0) is 45.7 Å². The van der Waals surface area contributed by atoms with E-state index in [2.05, 4.69) is 5.32 Å². The lowest BCUT2D eigenvalue weighted by Crippen LogP contribution is -2.50. The number of carbonyl (C=O) groups is 2. The van der Waals surface area contributed by atoms with Crippen molar-refractivity contribution < 1.29 is 18.4 Å². The lowest BCUT2D eigenvalue weighted by atomic mass is 9.78. The van der Waals surface area contributed by atoms with Crippen LogP contribution in [0.4, 0.5) is 8.78 Å². The van der Waals surface area contributed by atoms with Gasteiger partial charge in [-0.1, -0.05) is 12.1 Å². The molecule has 27 heavy (non-hydrogen) atoms. The summed E-state index contributed by atoms with van der Waals surface area (Å²) in [4.78, 5) is 28.8. The van der Waals surface area contributed by atoms with Gasteiger partial charge in [-0.15, -0.1) is 0 Å². The molecule has 0 saturated carbocycles. The van der Waals surface area contributed by atoms with Crippen molar-refractivity contribution in [3.05, 3.63) is 35.4 Å². The third-order valence-electron chi connectivity index (χ3n) is 5.47. The largest absolute Gasteiger partial charge is 0.353 e. The van der Waals surface area contributed by atoms with Crippen LogP contribution in [0.2, 0.25) is 0 Å². The minimum atomic E-state index is -0.894. The minimum Gasteiger partial charge on any atom is -0.353 e. The van der Waals surface area contributed by atoms with Crippen molar-refractivity contribution in [2.24, 2.45) is 5.41 Å². The molecule has 2 aliphatic rings. The van der Waals surface area contributed by atoms with Gasteiger partial charge in [0, 0.05) is 31.2 Å². The average Bonchev–Trinajstić information content (AvgIpc) is 2.99. The number of piperidine rings is 1. The van der Waals surface area contributed by atoms with Gasteiger partial charge in [0.2, 0.25) is 11.8 Å². The molecule has 2 heterocycles. The number of benzene rings is 1. The molecule has 5 nitrogen and oxygen atoms in total. The minimum absolute atomic E-state index is 0.0100. The van der Waals surface area contributed by atoms with Crippen molar-refractivity contribution in [1.29, 1.82) is 0 Å². The highest BCUT2D eigenvalue weighted by atomic mass is 19.2. The molecule has 1 atom stereocenters. The van der Waals surface area contributed by atoms with Crippen LogP contribution >= 0.6 is 0 Å². The fourth-order valence-electron chi connectivity index (χ4n) is 4.22. The molecule has 2 aliphatic heterocycles. The molecule has 1 N–H and O–H groups in total. The quantitative estimate of drug-likeness (QED) is 0.854. The molecule has 1 spiro atoms. The topological polar surface area (TPSA) is 52.7 Å². The Hall–Kier alpha value is -2.02. The van der Waals surface area contributed by atoms with Gasteiger partial charge in [0.15, 0.2) is 11.6 Å². The molecule has 2 saturated heterocycles. The predicted octanol–water partition coefficient (Wildman–Crippen LogP) is 2.30. The van der Waals surface area contributed by atoms with Crippen LogP contribution in [0.5, 0.6) is 0 Å². The number of likely N-dealkylation sites (tertiary alicyclic amines) is 2. The summed E-state index contributed by atoms with van der Waals surface area (Å²) in [5.41, 5.74) is -0.313. The van der Waals surface area contributed by atoms with Gasteiger partial charge >= 0.3 is 0 Å². The summed E-state index contributed by atoms with van der Waals surface area (Å²) in [6, 6.07) is 4.14. The third-order valence-corrected chi connectivity index (χ3v) is 5.47. The van der Waals surface area contributed by atoms with Crippen LogP contribution in [0.15, 0.2) is 18.2 Å². The predicted molar refractivity (Wildman–Crippen MR) is 97.8 cm³/mol. The van der Waals surface area contributed by atoms with E-state index in [1.54, 1.807) is 4.90 Å². The summed E-state index contributed by atoms with van der Waals surface area (Å²) in [6.45, 7) is 5.97. The maximum absolute atomic E-state index is 14.0. The highest BCUT2D eigenvalue weighted by molar-refractivity contribution is 5.84. The molecule has 1 aromatic rings. The van der Waals surface area contributed by atoms with E-state index in [-0.39, 0.29) is 36.5 Å². The first-order chi connectivity index (χ1) is 12.8. The van der Waals surface area contributed by atoms with Gasteiger partial charge in [0.25, 0.3) is 0 Å². The maximum atomic E-state index is 14.0. The Balaban J connectivity index is 1.66. The summed E-state index contributed by atoms with van der Waals surface area (Å²) in [7, 11) is 0. The van der Waals surface area contributed by atoms with E-state index < -0.39 is 17.0 Å². The van der Waals surface area contributed by atoms with Crippen LogP contribution in [0, 0.1) is 17.0 Å². The molecule has 0 bridgehead atoms. The molecule has 148 valence electrons. The zero-order chi connectivity index (χ0) is 19.6. The first-order valence-electron chi connectivity index (χ1n) is 9.55. The number of hydrogen-bond donors (Lipinski definition) is 1. The molecule has 2 fully saturated rings. The Morgan fingerprint density at radius 2 is 2.04 bits per heavy atom. The highest BCUT2D eigenvalue weighted by Gasteiger charge is 2.48. The summed E-state index contributed by atoms with van der Waals surface area (Å²) >= 11 is 0. The number of halogens is 2. The Labute approximate surface area is 158 Å². The van der Waals surface area contributed by atoms with E-state index in [0.29, 0.717) is 26.1 Å². The second-order valence-corrected chi connectivity index (χ2v) is 8.01. The van der Waals surface area contributed by atoms with E-state index in [1.807, 2.05) is 18.7 Å². The lowest BCUT2D eigenvalue weighted by Gasteiger charge is -2.39.